The second-order valence-corrected chi connectivity index (χ2v) is 3.00. The Hall–Kier alpha value is -1.64. The molecule has 0 aliphatic heterocycles. The van der Waals surface area contributed by atoms with Gasteiger partial charge in [-0.05, 0) is 30.5 Å². The lowest BCUT2D eigenvalue weighted by Gasteiger charge is -2.05. The molecule has 74 valence electrons. The van der Waals surface area contributed by atoms with Crippen molar-refractivity contribution in [2.45, 2.75) is 20.3 Å². The third-order valence-electron chi connectivity index (χ3n) is 2.16. The Morgan fingerprint density at radius 1 is 1.57 bits per heavy atom. The van der Waals surface area contributed by atoms with E-state index in [1.807, 2.05) is 19.9 Å². The van der Waals surface area contributed by atoms with E-state index in [4.69, 9.17) is 5.11 Å². The zero-order chi connectivity index (χ0) is 10.6. The van der Waals surface area contributed by atoms with Gasteiger partial charge in [0.1, 0.15) is 0 Å². The van der Waals surface area contributed by atoms with Gasteiger partial charge < -0.3 is 5.11 Å². The molecule has 0 aliphatic carbocycles. The molecule has 1 N–H and O–H groups in total. The van der Waals surface area contributed by atoms with Crippen LogP contribution < -0.4 is 0 Å². The van der Waals surface area contributed by atoms with Crippen molar-refractivity contribution in [3.05, 3.63) is 35.7 Å². The van der Waals surface area contributed by atoms with E-state index in [1.54, 1.807) is 18.5 Å². The highest BCUT2D eigenvalue weighted by Crippen LogP contribution is 2.19. The Bertz CT molecular complexity index is 355. The Morgan fingerprint density at radius 3 is 2.71 bits per heavy atom. The van der Waals surface area contributed by atoms with E-state index in [9.17, 15) is 4.79 Å². The molecule has 0 aromatic carbocycles. The normalized spacial score (nSPS) is 12.1. The predicted octanol–water partition coefficient (Wildman–Crippen LogP) is 2.35. The number of rotatable bonds is 3. The van der Waals surface area contributed by atoms with Crippen molar-refractivity contribution in [3.8, 4) is 0 Å². The lowest BCUT2D eigenvalue weighted by molar-refractivity contribution is -0.132. The van der Waals surface area contributed by atoms with Crippen LogP contribution >= 0.6 is 0 Å². The topological polar surface area (TPSA) is 50.2 Å². The van der Waals surface area contributed by atoms with Crippen molar-refractivity contribution in [1.82, 2.24) is 4.98 Å². The average molecular weight is 191 g/mol. The quantitative estimate of drug-likeness (QED) is 0.746. The summed E-state index contributed by atoms with van der Waals surface area (Å²) in [6.07, 6.45) is 3.87. The second kappa shape index (κ2) is 4.56. The predicted molar refractivity (Wildman–Crippen MR) is 54.8 cm³/mol. The van der Waals surface area contributed by atoms with Gasteiger partial charge in [0.05, 0.1) is 0 Å². The van der Waals surface area contributed by atoms with Crippen LogP contribution in [0, 0.1) is 0 Å². The molecule has 0 saturated heterocycles. The Labute approximate surface area is 83.1 Å². The molecule has 3 nitrogen and oxygen atoms in total. The first-order chi connectivity index (χ1) is 6.66. The van der Waals surface area contributed by atoms with E-state index in [-0.39, 0.29) is 0 Å². The summed E-state index contributed by atoms with van der Waals surface area (Å²) in [4.78, 5) is 14.8. The van der Waals surface area contributed by atoms with Crippen molar-refractivity contribution in [1.29, 1.82) is 0 Å². The number of aromatic nitrogens is 1. The van der Waals surface area contributed by atoms with Crippen LogP contribution in [0.1, 0.15) is 25.8 Å². The van der Waals surface area contributed by atoms with Crippen molar-refractivity contribution in [3.63, 3.8) is 0 Å². The molecule has 0 bridgehead atoms. The monoisotopic (exact) mass is 191 g/mol. The van der Waals surface area contributed by atoms with Crippen LogP contribution in [0.4, 0.5) is 0 Å². The third-order valence-corrected chi connectivity index (χ3v) is 2.16. The number of allylic oxidation sites excluding steroid dienone is 1. The van der Waals surface area contributed by atoms with E-state index < -0.39 is 5.97 Å². The average Bonchev–Trinajstić information content (AvgIpc) is 2.19. The molecule has 0 atom stereocenters. The smallest absolute Gasteiger partial charge is 0.331 e. The van der Waals surface area contributed by atoms with Gasteiger partial charge in [-0.1, -0.05) is 13.0 Å². The summed E-state index contributed by atoms with van der Waals surface area (Å²) < 4.78 is 0. The maximum absolute atomic E-state index is 10.9. The maximum atomic E-state index is 10.9. The number of nitrogens with zero attached hydrogens (tertiary/aromatic N) is 1. The molecule has 0 unspecified atom stereocenters. The summed E-state index contributed by atoms with van der Waals surface area (Å²) in [6, 6.07) is 3.66. The van der Waals surface area contributed by atoms with E-state index >= 15 is 0 Å². The van der Waals surface area contributed by atoms with Crippen LogP contribution in [-0.4, -0.2) is 16.1 Å². The first-order valence-corrected chi connectivity index (χ1v) is 4.50. The molecule has 14 heavy (non-hydrogen) atoms. The third kappa shape index (κ3) is 2.19. The summed E-state index contributed by atoms with van der Waals surface area (Å²) in [5.74, 6) is -0.853. The molecule has 0 aliphatic rings. The SMILES string of the molecule is CC/C(C(=O)O)=C(\C)c1cccnc1. The highest BCUT2D eigenvalue weighted by Gasteiger charge is 2.09. The van der Waals surface area contributed by atoms with Gasteiger partial charge in [-0.3, -0.25) is 4.98 Å². The Kier molecular flexibility index (Phi) is 3.40. The molecule has 1 aromatic rings. The van der Waals surface area contributed by atoms with Gasteiger partial charge in [0.25, 0.3) is 0 Å². The fraction of sp³-hybridized carbons (Fsp3) is 0.273. The Morgan fingerprint density at radius 2 is 2.29 bits per heavy atom. The fourth-order valence-corrected chi connectivity index (χ4v) is 1.34. The molecular formula is C11H13NO2. The molecule has 1 heterocycles. The standard InChI is InChI=1S/C11H13NO2/c1-3-10(11(13)14)8(2)9-5-4-6-12-7-9/h4-7H,3H2,1-2H3,(H,13,14)/b10-8-. The fourth-order valence-electron chi connectivity index (χ4n) is 1.34. The van der Waals surface area contributed by atoms with Crippen molar-refractivity contribution >= 4 is 11.5 Å². The van der Waals surface area contributed by atoms with Gasteiger partial charge in [0, 0.05) is 18.0 Å². The number of aliphatic carboxylic acids is 1. The van der Waals surface area contributed by atoms with E-state index in [0.717, 1.165) is 11.1 Å². The summed E-state index contributed by atoms with van der Waals surface area (Å²) in [6.45, 7) is 3.65. The molecule has 1 rings (SSSR count). The van der Waals surface area contributed by atoms with Gasteiger partial charge in [-0.15, -0.1) is 0 Å². The van der Waals surface area contributed by atoms with E-state index in [1.165, 1.54) is 0 Å². The van der Waals surface area contributed by atoms with Crippen LogP contribution in [0.15, 0.2) is 30.1 Å². The van der Waals surface area contributed by atoms with Gasteiger partial charge >= 0.3 is 5.97 Å². The summed E-state index contributed by atoms with van der Waals surface area (Å²) in [5, 5.41) is 8.93. The van der Waals surface area contributed by atoms with Crippen molar-refractivity contribution < 1.29 is 9.90 Å². The molecule has 0 spiro atoms. The number of hydrogen-bond donors (Lipinski definition) is 1. The van der Waals surface area contributed by atoms with Crippen molar-refractivity contribution in [2.24, 2.45) is 0 Å². The largest absolute Gasteiger partial charge is 0.478 e. The zero-order valence-electron chi connectivity index (χ0n) is 8.32. The second-order valence-electron chi connectivity index (χ2n) is 3.00. The maximum Gasteiger partial charge on any atom is 0.331 e. The molecule has 0 saturated carbocycles. The highest BCUT2D eigenvalue weighted by atomic mass is 16.4. The van der Waals surface area contributed by atoms with Crippen LogP contribution in [0.3, 0.4) is 0 Å². The lowest BCUT2D eigenvalue weighted by atomic mass is 10.0. The van der Waals surface area contributed by atoms with Gasteiger partial charge in [-0.25, -0.2) is 4.79 Å². The number of hydrogen-bond acceptors (Lipinski definition) is 2. The molecule has 1 aromatic heterocycles. The van der Waals surface area contributed by atoms with E-state index in [2.05, 4.69) is 4.98 Å². The number of carboxylic acid groups (broad SMARTS) is 1. The lowest BCUT2D eigenvalue weighted by Crippen LogP contribution is -2.02. The first-order valence-electron chi connectivity index (χ1n) is 4.50. The minimum Gasteiger partial charge on any atom is -0.478 e. The van der Waals surface area contributed by atoms with Crippen molar-refractivity contribution in [2.75, 3.05) is 0 Å². The highest BCUT2D eigenvalue weighted by molar-refractivity contribution is 5.95. The molecule has 0 amide bonds. The number of pyridine rings is 1. The van der Waals surface area contributed by atoms with Crippen LogP contribution in [-0.2, 0) is 4.79 Å². The summed E-state index contributed by atoms with van der Waals surface area (Å²) in [5.41, 5.74) is 2.10. The van der Waals surface area contributed by atoms with Gasteiger partial charge in [0.2, 0.25) is 0 Å². The zero-order valence-corrected chi connectivity index (χ0v) is 8.32. The van der Waals surface area contributed by atoms with E-state index in [0.29, 0.717) is 12.0 Å². The minimum absolute atomic E-state index is 0.443. The van der Waals surface area contributed by atoms with Gasteiger partial charge in [0.15, 0.2) is 0 Å². The molecular weight excluding hydrogens is 178 g/mol. The number of carboxylic acids is 1. The minimum atomic E-state index is -0.853. The summed E-state index contributed by atoms with van der Waals surface area (Å²) >= 11 is 0. The molecule has 0 fully saturated rings. The van der Waals surface area contributed by atoms with Crippen LogP contribution in [0.2, 0.25) is 0 Å². The van der Waals surface area contributed by atoms with Crippen LogP contribution in [0.5, 0.6) is 0 Å². The summed E-state index contributed by atoms with van der Waals surface area (Å²) in [7, 11) is 0. The molecule has 0 radical (unpaired) electrons. The number of carbonyl (C=O) groups is 1. The van der Waals surface area contributed by atoms with Crippen LogP contribution in [0.25, 0.3) is 5.57 Å². The first kappa shape index (κ1) is 10.4. The molecule has 3 heteroatoms. The van der Waals surface area contributed by atoms with Gasteiger partial charge in [-0.2, -0.15) is 0 Å². The Balaban J connectivity index is 3.15.